The SMILES string of the molecule is Cc1cc(CS(=O)c2ccc(F)cc2)no1. The molecule has 1 aromatic carbocycles. The number of aryl methyl sites for hydroxylation is 1. The van der Waals surface area contributed by atoms with Crippen molar-refractivity contribution in [2.45, 2.75) is 17.6 Å². The maximum absolute atomic E-state index is 12.7. The van der Waals surface area contributed by atoms with Crippen LogP contribution < -0.4 is 0 Å². The lowest BCUT2D eigenvalue weighted by Gasteiger charge is -1.98. The Morgan fingerprint density at radius 3 is 2.62 bits per heavy atom. The molecule has 0 aliphatic heterocycles. The summed E-state index contributed by atoms with van der Waals surface area (Å²) in [5.74, 6) is 0.632. The lowest BCUT2D eigenvalue weighted by atomic mass is 10.4. The molecule has 2 rings (SSSR count). The molecule has 0 aliphatic rings. The minimum atomic E-state index is -1.22. The summed E-state index contributed by atoms with van der Waals surface area (Å²) in [6.45, 7) is 1.78. The van der Waals surface area contributed by atoms with Crippen LogP contribution in [0, 0.1) is 12.7 Å². The molecule has 0 radical (unpaired) electrons. The molecule has 2 aromatic rings. The summed E-state index contributed by atoms with van der Waals surface area (Å²) in [6.07, 6.45) is 0. The molecule has 0 fully saturated rings. The van der Waals surface area contributed by atoms with Gasteiger partial charge in [0.25, 0.3) is 0 Å². The van der Waals surface area contributed by atoms with Gasteiger partial charge in [0.05, 0.1) is 22.2 Å². The third-order valence-electron chi connectivity index (χ3n) is 2.03. The van der Waals surface area contributed by atoms with Crippen LogP contribution in [0.4, 0.5) is 4.39 Å². The molecule has 0 saturated heterocycles. The van der Waals surface area contributed by atoms with E-state index in [1.54, 1.807) is 13.0 Å². The van der Waals surface area contributed by atoms with Crippen LogP contribution in [0.3, 0.4) is 0 Å². The molecular weight excluding hydrogens is 229 g/mol. The summed E-state index contributed by atoms with van der Waals surface area (Å²) < 4.78 is 29.4. The van der Waals surface area contributed by atoms with Gasteiger partial charge in [-0.25, -0.2) is 4.39 Å². The zero-order chi connectivity index (χ0) is 11.5. The van der Waals surface area contributed by atoms with Crippen molar-refractivity contribution in [1.29, 1.82) is 0 Å². The second-order valence-electron chi connectivity index (χ2n) is 3.37. The Hall–Kier alpha value is -1.49. The summed E-state index contributed by atoms with van der Waals surface area (Å²) >= 11 is 0. The van der Waals surface area contributed by atoms with Gasteiger partial charge >= 0.3 is 0 Å². The van der Waals surface area contributed by atoms with Gasteiger partial charge < -0.3 is 4.52 Å². The minimum absolute atomic E-state index is 0.281. The van der Waals surface area contributed by atoms with E-state index in [1.165, 1.54) is 24.3 Å². The molecule has 0 amide bonds. The zero-order valence-corrected chi connectivity index (χ0v) is 9.46. The number of hydrogen-bond donors (Lipinski definition) is 0. The van der Waals surface area contributed by atoms with E-state index >= 15 is 0 Å². The minimum Gasteiger partial charge on any atom is -0.361 e. The average molecular weight is 239 g/mol. The van der Waals surface area contributed by atoms with Crippen molar-refractivity contribution in [3.05, 3.63) is 47.6 Å². The fourth-order valence-electron chi connectivity index (χ4n) is 1.29. The summed E-state index contributed by atoms with van der Waals surface area (Å²) in [5.41, 5.74) is 0.639. The highest BCUT2D eigenvalue weighted by molar-refractivity contribution is 7.84. The molecule has 16 heavy (non-hydrogen) atoms. The van der Waals surface area contributed by atoms with Crippen LogP contribution >= 0.6 is 0 Å². The summed E-state index contributed by atoms with van der Waals surface area (Å²) in [4.78, 5) is 0.585. The number of aromatic nitrogens is 1. The molecule has 3 nitrogen and oxygen atoms in total. The Labute approximate surface area is 94.7 Å². The van der Waals surface area contributed by atoms with Crippen LogP contribution in [0.1, 0.15) is 11.5 Å². The van der Waals surface area contributed by atoms with Crippen LogP contribution in [0.2, 0.25) is 0 Å². The van der Waals surface area contributed by atoms with Crippen molar-refractivity contribution in [1.82, 2.24) is 5.16 Å². The molecule has 1 heterocycles. The Bertz CT molecular complexity index is 507. The van der Waals surface area contributed by atoms with Gasteiger partial charge in [-0.3, -0.25) is 4.21 Å². The van der Waals surface area contributed by atoms with E-state index in [9.17, 15) is 8.60 Å². The topological polar surface area (TPSA) is 43.1 Å². The third-order valence-corrected chi connectivity index (χ3v) is 3.39. The fraction of sp³-hybridized carbons (Fsp3) is 0.182. The summed E-state index contributed by atoms with van der Waals surface area (Å²) in [6, 6.07) is 7.35. The second-order valence-corrected chi connectivity index (χ2v) is 4.82. The van der Waals surface area contributed by atoms with E-state index in [-0.39, 0.29) is 11.6 Å². The molecule has 0 aliphatic carbocycles. The number of rotatable bonds is 3. The predicted octanol–water partition coefficient (Wildman–Crippen LogP) is 2.43. The number of benzene rings is 1. The lowest BCUT2D eigenvalue weighted by molar-refractivity contribution is 0.392. The largest absolute Gasteiger partial charge is 0.361 e. The van der Waals surface area contributed by atoms with Crippen LogP contribution in [-0.4, -0.2) is 9.37 Å². The predicted molar refractivity (Wildman–Crippen MR) is 57.8 cm³/mol. The summed E-state index contributed by atoms with van der Waals surface area (Å²) in [7, 11) is -1.22. The maximum atomic E-state index is 12.7. The van der Waals surface area contributed by atoms with Crippen LogP contribution in [0.25, 0.3) is 0 Å². The maximum Gasteiger partial charge on any atom is 0.133 e. The van der Waals surface area contributed by atoms with Crippen molar-refractivity contribution in [2.24, 2.45) is 0 Å². The second kappa shape index (κ2) is 4.57. The van der Waals surface area contributed by atoms with E-state index in [4.69, 9.17) is 4.52 Å². The van der Waals surface area contributed by atoms with E-state index < -0.39 is 10.8 Å². The Kier molecular flexibility index (Phi) is 3.14. The van der Waals surface area contributed by atoms with Gasteiger partial charge in [-0.05, 0) is 31.2 Å². The first kappa shape index (κ1) is 11.0. The monoisotopic (exact) mass is 239 g/mol. The fourth-order valence-corrected chi connectivity index (χ4v) is 2.30. The Morgan fingerprint density at radius 1 is 1.38 bits per heavy atom. The van der Waals surface area contributed by atoms with Gasteiger partial charge in [-0.15, -0.1) is 0 Å². The van der Waals surface area contributed by atoms with Crippen LogP contribution in [-0.2, 0) is 16.6 Å². The molecule has 0 N–H and O–H groups in total. The van der Waals surface area contributed by atoms with E-state index in [0.29, 0.717) is 16.3 Å². The van der Waals surface area contributed by atoms with Crippen LogP contribution in [0.15, 0.2) is 39.8 Å². The summed E-state index contributed by atoms with van der Waals surface area (Å²) in [5, 5.41) is 3.76. The molecule has 1 unspecified atom stereocenters. The number of halogens is 1. The van der Waals surface area contributed by atoms with Crippen molar-refractivity contribution in [3.8, 4) is 0 Å². The van der Waals surface area contributed by atoms with Crippen molar-refractivity contribution < 1.29 is 13.1 Å². The molecule has 0 spiro atoms. The zero-order valence-electron chi connectivity index (χ0n) is 8.64. The van der Waals surface area contributed by atoms with E-state index in [1.807, 2.05) is 0 Å². The van der Waals surface area contributed by atoms with Gasteiger partial charge in [0.2, 0.25) is 0 Å². The number of nitrogens with zero attached hydrogens (tertiary/aromatic N) is 1. The highest BCUT2D eigenvalue weighted by Crippen LogP contribution is 2.13. The van der Waals surface area contributed by atoms with E-state index in [2.05, 4.69) is 5.16 Å². The molecule has 1 aromatic heterocycles. The lowest BCUT2D eigenvalue weighted by Crippen LogP contribution is -1.96. The average Bonchev–Trinajstić information content (AvgIpc) is 2.65. The standard InChI is InChI=1S/C11H10FNO2S/c1-8-6-10(13-15-8)7-16(14)11-4-2-9(12)3-5-11/h2-6H,7H2,1H3. The van der Waals surface area contributed by atoms with E-state index in [0.717, 1.165) is 0 Å². The molecule has 0 saturated carbocycles. The van der Waals surface area contributed by atoms with Crippen molar-refractivity contribution in [2.75, 3.05) is 0 Å². The first-order valence-electron chi connectivity index (χ1n) is 4.71. The quantitative estimate of drug-likeness (QED) is 0.826. The van der Waals surface area contributed by atoms with Gasteiger partial charge in [-0.2, -0.15) is 0 Å². The van der Waals surface area contributed by atoms with Crippen molar-refractivity contribution in [3.63, 3.8) is 0 Å². The first-order valence-corrected chi connectivity index (χ1v) is 6.03. The van der Waals surface area contributed by atoms with Crippen molar-refractivity contribution >= 4 is 10.8 Å². The molecular formula is C11H10FNO2S. The molecule has 1 atom stereocenters. The third kappa shape index (κ3) is 2.55. The van der Waals surface area contributed by atoms with Gasteiger partial charge in [0, 0.05) is 11.0 Å². The normalized spacial score (nSPS) is 12.6. The molecule has 84 valence electrons. The highest BCUT2D eigenvalue weighted by Gasteiger charge is 2.08. The van der Waals surface area contributed by atoms with Gasteiger partial charge in [0.1, 0.15) is 11.6 Å². The smallest absolute Gasteiger partial charge is 0.133 e. The molecule has 5 heteroatoms. The van der Waals surface area contributed by atoms with Gasteiger partial charge in [0.15, 0.2) is 0 Å². The Balaban J connectivity index is 2.11. The highest BCUT2D eigenvalue weighted by atomic mass is 32.2. The first-order chi connectivity index (χ1) is 7.65. The Morgan fingerprint density at radius 2 is 2.06 bits per heavy atom. The number of hydrogen-bond acceptors (Lipinski definition) is 3. The van der Waals surface area contributed by atoms with Gasteiger partial charge in [-0.1, -0.05) is 5.16 Å². The molecule has 0 bridgehead atoms. The van der Waals surface area contributed by atoms with Crippen LogP contribution in [0.5, 0.6) is 0 Å².